The molecule has 1 aliphatic heterocycles. The molecule has 1 N–H and O–H groups in total. The van der Waals surface area contributed by atoms with E-state index in [2.05, 4.69) is 20.4 Å². The summed E-state index contributed by atoms with van der Waals surface area (Å²) in [7, 11) is 0. The average molecular weight is 370 g/mol. The van der Waals surface area contributed by atoms with Gasteiger partial charge in [0, 0.05) is 24.7 Å². The van der Waals surface area contributed by atoms with E-state index in [0.717, 1.165) is 37.4 Å². The van der Waals surface area contributed by atoms with Crippen LogP contribution >= 0.6 is 0 Å². The zero-order valence-electron chi connectivity index (χ0n) is 15.5. The Labute approximate surface area is 159 Å². The summed E-state index contributed by atoms with van der Waals surface area (Å²) in [5.74, 6) is 1.52. The zero-order valence-corrected chi connectivity index (χ0v) is 15.5. The third kappa shape index (κ3) is 4.30. The lowest BCUT2D eigenvalue weighted by Crippen LogP contribution is -2.37. The first kappa shape index (κ1) is 18.0. The normalized spacial score (nSPS) is 18.4. The molecule has 2 aliphatic rings. The first-order chi connectivity index (χ1) is 13.3. The predicted molar refractivity (Wildman–Crippen MR) is 101 cm³/mol. The number of hydrogen-bond acceptors (Lipinski definition) is 6. The van der Waals surface area contributed by atoms with Gasteiger partial charge in [0.15, 0.2) is 5.82 Å². The number of ether oxygens (including phenoxy) is 1. The Morgan fingerprint density at radius 3 is 2.74 bits per heavy atom. The molecule has 1 aliphatic carbocycles. The molecule has 0 atom stereocenters. The van der Waals surface area contributed by atoms with Gasteiger partial charge in [-0.1, -0.05) is 36.6 Å². The molecule has 2 aromatic rings. The second kappa shape index (κ2) is 8.52. The minimum absolute atomic E-state index is 0.130. The van der Waals surface area contributed by atoms with Gasteiger partial charge in [0.05, 0.1) is 25.3 Å². The molecule has 27 heavy (non-hydrogen) atoms. The van der Waals surface area contributed by atoms with Gasteiger partial charge in [0.2, 0.25) is 5.89 Å². The van der Waals surface area contributed by atoms with Crippen molar-refractivity contribution in [2.75, 3.05) is 31.2 Å². The molecule has 4 rings (SSSR count). The fourth-order valence-corrected chi connectivity index (χ4v) is 3.86. The van der Waals surface area contributed by atoms with E-state index in [-0.39, 0.29) is 12.5 Å². The van der Waals surface area contributed by atoms with Crippen LogP contribution in [0.15, 0.2) is 28.8 Å². The highest BCUT2D eigenvalue weighted by Crippen LogP contribution is 2.30. The summed E-state index contributed by atoms with van der Waals surface area (Å²) >= 11 is 0. The van der Waals surface area contributed by atoms with E-state index in [9.17, 15) is 4.79 Å². The molecule has 1 aromatic carbocycles. The van der Waals surface area contributed by atoms with Crippen molar-refractivity contribution in [1.29, 1.82) is 0 Å². The average Bonchev–Trinajstić information content (AvgIpc) is 3.22. The fraction of sp³-hybridized carbons (Fsp3) is 0.550. The van der Waals surface area contributed by atoms with Crippen LogP contribution in [0, 0.1) is 0 Å². The molecular weight excluding hydrogens is 344 g/mol. The van der Waals surface area contributed by atoms with Gasteiger partial charge in [-0.3, -0.25) is 4.79 Å². The molecule has 0 radical (unpaired) electrons. The Morgan fingerprint density at radius 2 is 1.93 bits per heavy atom. The van der Waals surface area contributed by atoms with Gasteiger partial charge >= 0.3 is 0 Å². The van der Waals surface area contributed by atoms with Crippen LogP contribution in [0.25, 0.3) is 0 Å². The number of nitrogens with one attached hydrogen (secondary N) is 1. The van der Waals surface area contributed by atoms with Gasteiger partial charge in [-0.15, -0.1) is 0 Å². The summed E-state index contributed by atoms with van der Waals surface area (Å²) in [4.78, 5) is 19.4. The molecule has 144 valence electrons. The number of rotatable bonds is 5. The van der Waals surface area contributed by atoms with E-state index in [0.29, 0.717) is 30.6 Å². The number of nitrogens with zero attached hydrogens (tertiary/aromatic N) is 3. The molecule has 7 nitrogen and oxygen atoms in total. The van der Waals surface area contributed by atoms with Gasteiger partial charge in [0.25, 0.3) is 5.91 Å². The molecule has 7 heteroatoms. The number of amides is 1. The maximum Gasteiger partial charge on any atom is 0.253 e. The van der Waals surface area contributed by atoms with Crippen LogP contribution in [0.2, 0.25) is 0 Å². The van der Waals surface area contributed by atoms with Crippen molar-refractivity contribution in [2.24, 2.45) is 0 Å². The predicted octanol–water partition coefficient (Wildman–Crippen LogP) is 2.88. The summed E-state index contributed by atoms with van der Waals surface area (Å²) in [5.41, 5.74) is 1.60. The number of hydrogen-bond donors (Lipinski definition) is 1. The smallest absolute Gasteiger partial charge is 0.253 e. The Hall–Kier alpha value is -2.41. The number of benzene rings is 1. The second-order valence-electron chi connectivity index (χ2n) is 7.18. The number of aromatic nitrogens is 2. The van der Waals surface area contributed by atoms with Gasteiger partial charge in [-0.05, 0) is 25.0 Å². The lowest BCUT2D eigenvalue weighted by molar-refractivity contribution is 0.0945. The van der Waals surface area contributed by atoms with Crippen molar-refractivity contribution >= 4 is 11.6 Å². The molecule has 2 heterocycles. The van der Waals surface area contributed by atoms with Gasteiger partial charge in [-0.2, -0.15) is 4.98 Å². The lowest BCUT2D eigenvalue weighted by atomic mass is 9.89. The molecule has 0 unspecified atom stereocenters. The minimum Gasteiger partial charge on any atom is -0.378 e. The number of para-hydroxylation sites is 1. The van der Waals surface area contributed by atoms with Crippen molar-refractivity contribution in [3.8, 4) is 0 Å². The van der Waals surface area contributed by atoms with Crippen LogP contribution in [-0.2, 0) is 11.3 Å². The maximum absolute atomic E-state index is 12.7. The van der Waals surface area contributed by atoms with Crippen molar-refractivity contribution in [1.82, 2.24) is 15.5 Å². The lowest BCUT2D eigenvalue weighted by Gasteiger charge is -2.30. The Balaban J connectivity index is 1.39. The SMILES string of the molecule is O=C(NCc1nc(C2CCCCC2)no1)c1ccccc1N1CCOCC1. The molecule has 1 saturated carbocycles. The van der Waals surface area contributed by atoms with Crippen molar-refractivity contribution < 1.29 is 14.1 Å². The molecule has 1 aromatic heterocycles. The van der Waals surface area contributed by atoms with Crippen LogP contribution in [0.5, 0.6) is 0 Å². The highest BCUT2D eigenvalue weighted by atomic mass is 16.5. The zero-order chi connectivity index (χ0) is 18.5. The maximum atomic E-state index is 12.7. The number of morpholine rings is 1. The van der Waals surface area contributed by atoms with E-state index in [1.54, 1.807) is 0 Å². The molecule has 0 bridgehead atoms. The molecular formula is C20H26N4O3. The summed E-state index contributed by atoms with van der Waals surface area (Å²) in [6, 6.07) is 7.66. The number of carbonyl (C=O) groups excluding carboxylic acids is 1. The van der Waals surface area contributed by atoms with Crippen LogP contribution < -0.4 is 10.2 Å². The Morgan fingerprint density at radius 1 is 1.15 bits per heavy atom. The summed E-state index contributed by atoms with van der Waals surface area (Å²) in [6.07, 6.45) is 5.99. The van der Waals surface area contributed by atoms with Crippen molar-refractivity contribution in [2.45, 2.75) is 44.6 Å². The molecule has 1 amide bonds. The van der Waals surface area contributed by atoms with Gasteiger partial charge in [0.1, 0.15) is 0 Å². The van der Waals surface area contributed by atoms with E-state index in [4.69, 9.17) is 9.26 Å². The first-order valence-corrected chi connectivity index (χ1v) is 9.83. The second-order valence-corrected chi connectivity index (χ2v) is 7.18. The van der Waals surface area contributed by atoms with E-state index in [1.165, 1.54) is 19.3 Å². The Bertz CT molecular complexity index is 764. The molecule has 1 saturated heterocycles. The van der Waals surface area contributed by atoms with Crippen LogP contribution in [-0.4, -0.2) is 42.4 Å². The largest absolute Gasteiger partial charge is 0.378 e. The van der Waals surface area contributed by atoms with E-state index in [1.807, 2.05) is 24.3 Å². The van der Waals surface area contributed by atoms with Crippen molar-refractivity contribution in [3.05, 3.63) is 41.5 Å². The van der Waals surface area contributed by atoms with E-state index < -0.39 is 0 Å². The third-order valence-electron chi connectivity index (χ3n) is 5.35. The third-order valence-corrected chi connectivity index (χ3v) is 5.35. The highest BCUT2D eigenvalue weighted by Gasteiger charge is 2.22. The summed E-state index contributed by atoms with van der Waals surface area (Å²) in [6.45, 7) is 3.19. The number of carbonyl (C=O) groups is 1. The number of anilines is 1. The topological polar surface area (TPSA) is 80.5 Å². The molecule has 2 fully saturated rings. The Kier molecular flexibility index (Phi) is 5.67. The minimum atomic E-state index is -0.130. The van der Waals surface area contributed by atoms with Crippen LogP contribution in [0.4, 0.5) is 5.69 Å². The monoisotopic (exact) mass is 370 g/mol. The quantitative estimate of drug-likeness (QED) is 0.872. The molecule has 0 spiro atoms. The summed E-state index contributed by atoms with van der Waals surface area (Å²) in [5, 5.41) is 7.04. The van der Waals surface area contributed by atoms with Gasteiger partial charge in [-0.25, -0.2) is 0 Å². The van der Waals surface area contributed by atoms with E-state index >= 15 is 0 Å². The highest BCUT2D eigenvalue weighted by molar-refractivity contribution is 5.99. The van der Waals surface area contributed by atoms with Crippen LogP contribution in [0.1, 0.15) is 60.1 Å². The standard InChI is InChI=1S/C20H26N4O3/c25-20(16-8-4-5-9-17(16)24-10-12-26-13-11-24)21-14-18-22-19(23-27-18)15-6-2-1-3-7-15/h4-5,8-9,15H,1-3,6-7,10-14H2,(H,21,25). The van der Waals surface area contributed by atoms with Crippen LogP contribution in [0.3, 0.4) is 0 Å². The fourth-order valence-electron chi connectivity index (χ4n) is 3.86. The van der Waals surface area contributed by atoms with Crippen molar-refractivity contribution in [3.63, 3.8) is 0 Å². The first-order valence-electron chi connectivity index (χ1n) is 9.83. The van der Waals surface area contributed by atoms with Gasteiger partial charge < -0.3 is 19.5 Å². The summed E-state index contributed by atoms with van der Waals surface area (Å²) < 4.78 is 10.8.